The van der Waals surface area contributed by atoms with E-state index in [-0.39, 0.29) is 22.3 Å². The molecule has 14 nitrogen and oxygen atoms in total. The van der Waals surface area contributed by atoms with Crippen LogP contribution in [0.2, 0.25) is 0 Å². The van der Waals surface area contributed by atoms with Gasteiger partial charge in [-0.1, -0.05) is 79.7 Å². The number of hydroxylamine groups is 2. The molecule has 0 aliphatic carbocycles. The van der Waals surface area contributed by atoms with Crippen LogP contribution in [0.3, 0.4) is 0 Å². The van der Waals surface area contributed by atoms with Crippen LogP contribution < -0.4 is 0 Å². The maximum Gasteiger partial charge on any atom is 0.434 e. The van der Waals surface area contributed by atoms with Gasteiger partial charge < -0.3 is 33.5 Å². The van der Waals surface area contributed by atoms with E-state index in [4.69, 9.17) is 33.3 Å². The summed E-state index contributed by atoms with van der Waals surface area (Å²) in [6.45, 7) is 7.45. The molecule has 1 fully saturated rings. The first-order valence-electron chi connectivity index (χ1n) is 18.2. The Morgan fingerprint density at radius 1 is 0.614 bits per heavy atom. The first-order chi connectivity index (χ1) is 27.3. The second-order valence-corrected chi connectivity index (χ2v) is 13.5. The predicted octanol–water partition coefficient (Wildman–Crippen LogP) is 6.43. The van der Waals surface area contributed by atoms with Gasteiger partial charge in [0, 0.05) is 7.05 Å². The van der Waals surface area contributed by atoms with Gasteiger partial charge in [-0.15, -0.1) is 0 Å². The number of benzene rings is 4. The summed E-state index contributed by atoms with van der Waals surface area (Å²) in [5.41, 5.74) is 0.264. The number of hydrogen-bond donors (Lipinski definition) is 1. The molecular formula is C43H47NO13. The zero-order chi connectivity index (χ0) is 41.4. The molecule has 1 N–H and O–H groups in total. The number of rotatable bonds is 12. The molecule has 5 atom stereocenters. The van der Waals surface area contributed by atoms with Crippen LogP contribution in [0.4, 0.5) is 4.79 Å². The van der Waals surface area contributed by atoms with Crippen LogP contribution in [-0.2, 0) is 33.3 Å². The van der Waals surface area contributed by atoms with Crippen LogP contribution in [0.15, 0.2) is 121 Å². The van der Waals surface area contributed by atoms with Gasteiger partial charge in [0.2, 0.25) is 0 Å². The lowest BCUT2D eigenvalue weighted by molar-refractivity contribution is -0.284. The third kappa shape index (κ3) is 13.6. The number of amides is 1. The van der Waals surface area contributed by atoms with Crippen LogP contribution in [0.25, 0.3) is 0 Å². The zero-order valence-corrected chi connectivity index (χ0v) is 32.3. The molecule has 0 spiro atoms. The minimum atomic E-state index is -1.86. The van der Waals surface area contributed by atoms with Crippen molar-refractivity contribution in [3.63, 3.8) is 0 Å². The van der Waals surface area contributed by atoms with E-state index in [2.05, 4.69) is 0 Å². The zero-order valence-electron chi connectivity index (χ0n) is 32.3. The number of hydrogen-bond acceptors (Lipinski definition) is 13. The SMILES string of the molecule is CCCON(C)C(=O)OC(C)(C)C.O=C(OC[C@H]1O[C@@H](O)[C@H](OC(=O)c2ccccc2)[C@@H](OC(=O)c2ccccc2)[C@@H]1OC(=O)c1ccccc1)c1ccccc1. The van der Waals surface area contributed by atoms with Crippen LogP contribution in [-0.4, -0.2) is 96.7 Å². The minimum absolute atomic E-state index is 0.154. The summed E-state index contributed by atoms with van der Waals surface area (Å²) in [5.74, 6) is -3.21. The Balaban J connectivity index is 0.000000476. The number of esters is 4. The van der Waals surface area contributed by atoms with Crippen molar-refractivity contribution in [2.24, 2.45) is 0 Å². The van der Waals surface area contributed by atoms with E-state index in [0.29, 0.717) is 6.61 Å². The summed E-state index contributed by atoms with van der Waals surface area (Å²) in [7, 11) is 1.55. The quantitative estimate of drug-likeness (QED) is 0.0947. The molecule has 1 amide bonds. The van der Waals surface area contributed by atoms with Crippen LogP contribution in [0.5, 0.6) is 0 Å². The Hall–Kier alpha value is -6.09. The second-order valence-electron chi connectivity index (χ2n) is 13.5. The Bertz CT molecular complexity index is 1890. The van der Waals surface area contributed by atoms with Gasteiger partial charge in [-0.2, -0.15) is 5.06 Å². The van der Waals surface area contributed by atoms with Crippen molar-refractivity contribution in [1.29, 1.82) is 0 Å². The van der Waals surface area contributed by atoms with Gasteiger partial charge in [-0.3, -0.25) is 4.84 Å². The highest BCUT2D eigenvalue weighted by Crippen LogP contribution is 2.30. The van der Waals surface area contributed by atoms with Crippen molar-refractivity contribution < 1.29 is 62.3 Å². The van der Waals surface area contributed by atoms with Gasteiger partial charge in [0.1, 0.15) is 18.3 Å². The summed E-state index contributed by atoms with van der Waals surface area (Å²) in [5, 5.41) is 12.2. The molecule has 302 valence electrons. The third-order valence-corrected chi connectivity index (χ3v) is 7.89. The van der Waals surface area contributed by atoms with E-state index >= 15 is 0 Å². The van der Waals surface area contributed by atoms with Gasteiger partial charge in [0.05, 0.1) is 28.9 Å². The number of carbonyl (C=O) groups is 5. The molecule has 4 aromatic rings. The van der Waals surface area contributed by atoms with E-state index in [1.165, 1.54) is 36.4 Å². The summed E-state index contributed by atoms with van der Waals surface area (Å²) < 4.78 is 33.4. The summed E-state index contributed by atoms with van der Waals surface area (Å²) >= 11 is 0. The molecule has 5 rings (SSSR count). The van der Waals surface area contributed by atoms with Crippen molar-refractivity contribution in [3.05, 3.63) is 144 Å². The fraction of sp³-hybridized carbons (Fsp3) is 0.326. The van der Waals surface area contributed by atoms with Crippen molar-refractivity contribution in [3.8, 4) is 0 Å². The summed E-state index contributed by atoms with van der Waals surface area (Å²) in [6, 6.07) is 32.1. The van der Waals surface area contributed by atoms with E-state index in [1.54, 1.807) is 92.0 Å². The standard InChI is InChI=1S/C34H28O10.C9H19NO3/c35-30(22-13-5-1-6-14-22)40-21-26-27(42-31(36)23-15-7-2-8-16-23)28(43-32(37)24-17-9-3-10-18-24)29(34(39)41-26)44-33(38)25-19-11-4-12-20-25;1-6-7-12-10(5)8(11)13-9(2,3)4/h1-20,26-29,34,39H,21H2;6-7H2,1-5H3/t26-,27-,28+,29-,34-;/m1./s1. The number of nitrogens with zero attached hydrogens (tertiary/aromatic N) is 1. The normalized spacial score (nSPS) is 18.7. The van der Waals surface area contributed by atoms with Gasteiger partial charge >= 0.3 is 30.0 Å². The van der Waals surface area contributed by atoms with Crippen molar-refractivity contribution in [2.45, 2.75) is 70.4 Å². The molecule has 57 heavy (non-hydrogen) atoms. The van der Waals surface area contributed by atoms with Gasteiger partial charge in [0.15, 0.2) is 24.6 Å². The van der Waals surface area contributed by atoms with Crippen molar-refractivity contribution in [1.82, 2.24) is 5.06 Å². The lowest BCUT2D eigenvalue weighted by Crippen LogP contribution is -2.62. The van der Waals surface area contributed by atoms with E-state index < -0.39 is 72.9 Å². The van der Waals surface area contributed by atoms with Crippen LogP contribution in [0.1, 0.15) is 75.5 Å². The van der Waals surface area contributed by atoms with Gasteiger partial charge in [-0.05, 0) is 75.7 Å². The topological polar surface area (TPSA) is 173 Å². The number of aliphatic hydroxyl groups excluding tert-OH is 1. The summed E-state index contributed by atoms with van der Waals surface area (Å²) in [6.07, 6.45) is -7.48. The van der Waals surface area contributed by atoms with E-state index in [0.717, 1.165) is 11.5 Å². The average Bonchev–Trinajstić information content (AvgIpc) is 3.22. The van der Waals surface area contributed by atoms with Gasteiger partial charge in [0.25, 0.3) is 0 Å². The molecule has 0 bridgehead atoms. The lowest BCUT2D eigenvalue weighted by atomic mass is 9.97. The van der Waals surface area contributed by atoms with Crippen molar-refractivity contribution in [2.75, 3.05) is 20.3 Å². The maximum atomic E-state index is 13.3. The molecule has 0 radical (unpaired) electrons. The Morgan fingerprint density at radius 2 is 1.00 bits per heavy atom. The minimum Gasteiger partial charge on any atom is -0.459 e. The number of aliphatic hydroxyl groups is 1. The Labute approximate surface area is 331 Å². The monoisotopic (exact) mass is 785 g/mol. The molecule has 0 saturated carbocycles. The highest BCUT2D eigenvalue weighted by atomic mass is 16.7. The molecular weight excluding hydrogens is 738 g/mol. The molecule has 4 aromatic carbocycles. The molecule has 1 aliphatic rings. The second kappa shape index (κ2) is 21.3. The van der Waals surface area contributed by atoms with Crippen LogP contribution >= 0.6 is 0 Å². The van der Waals surface area contributed by atoms with Crippen molar-refractivity contribution >= 4 is 30.0 Å². The number of carbonyl (C=O) groups excluding carboxylic acids is 5. The third-order valence-electron chi connectivity index (χ3n) is 7.89. The predicted molar refractivity (Wildman–Crippen MR) is 205 cm³/mol. The Morgan fingerprint density at radius 3 is 1.40 bits per heavy atom. The summed E-state index contributed by atoms with van der Waals surface area (Å²) in [4.78, 5) is 68.6. The van der Waals surface area contributed by atoms with E-state index in [9.17, 15) is 29.1 Å². The number of ether oxygens (including phenoxy) is 6. The smallest absolute Gasteiger partial charge is 0.434 e. The molecule has 1 saturated heterocycles. The molecule has 0 unspecified atom stereocenters. The molecule has 0 aromatic heterocycles. The highest BCUT2D eigenvalue weighted by Gasteiger charge is 2.52. The van der Waals surface area contributed by atoms with Crippen LogP contribution in [0, 0.1) is 0 Å². The first kappa shape index (κ1) is 43.6. The van der Waals surface area contributed by atoms with Gasteiger partial charge in [-0.25, -0.2) is 24.0 Å². The maximum absolute atomic E-state index is 13.3. The first-order valence-corrected chi connectivity index (χ1v) is 18.2. The highest BCUT2D eigenvalue weighted by molar-refractivity contribution is 5.91. The largest absolute Gasteiger partial charge is 0.459 e. The molecule has 1 heterocycles. The lowest BCUT2D eigenvalue weighted by Gasteiger charge is -2.42. The average molecular weight is 786 g/mol. The fourth-order valence-electron chi connectivity index (χ4n) is 5.15. The van der Waals surface area contributed by atoms with E-state index in [1.807, 2.05) is 27.7 Å². The Kier molecular flexibility index (Phi) is 16.3. The molecule has 14 heteroatoms. The fourth-order valence-corrected chi connectivity index (χ4v) is 5.15. The molecule has 1 aliphatic heterocycles.